The van der Waals surface area contributed by atoms with Gasteiger partial charge in [0.25, 0.3) is 0 Å². The van der Waals surface area contributed by atoms with Crippen molar-refractivity contribution in [3.63, 3.8) is 0 Å². The molecule has 0 aliphatic heterocycles. The highest BCUT2D eigenvalue weighted by Gasteiger charge is 2.13. The van der Waals surface area contributed by atoms with Gasteiger partial charge in [0.2, 0.25) is 0 Å². The van der Waals surface area contributed by atoms with Crippen LogP contribution in [0.1, 0.15) is 23.9 Å². The minimum atomic E-state index is 0.693. The van der Waals surface area contributed by atoms with Crippen LogP contribution >= 0.6 is 27.7 Å². The summed E-state index contributed by atoms with van der Waals surface area (Å²) >= 11 is 5.22. The van der Waals surface area contributed by atoms with Crippen molar-refractivity contribution < 1.29 is 9.47 Å². The van der Waals surface area contributed by atoms with Crippen molar-refractivity contribution in [3.05, 3.63) is 63.9 Å². The molecule has 142 valence electrons. The zero-order valence-electron chi connectivity index (χ0n) is 15.6. The van der Waals surface area contributed by atoms with Gasteiger partial charge in [-0.05, 0) is 42.3 Å². The van der Waals surface area contributed by atoms with Crippen molar-refractivity contribution in [1.29, 1.82) is 0 Å². The fourth-order valence-electron chi connectivity index (χ4n) is 2.82. The zero-order chi connectivity index (χ0) is 19.2. The number of benzene rings is 2. The Balaban J connectivity index is 1.75. The molecule has 0 saturated heterocycles. The molecule has 0 bridgehead atoms. The molecule has 7 heteroatoms. The van der Waals surface area contributed by atoms with Gasteiger partial charge in [0, 0.05) is 23.2 Å². The van der Waals surface area contributed by atoms with Crippen LogP contribution in [0.2, 0.25) is 0 Å². The van der Waals surface area contributed by atoms with Gasteiger partial charge in [0.1, 0.15) is 5.82 Å². The van der Waals surface area contributed by atoms with E-state index in [1.165, 1.54) is 5.56 Å². The second kappa shape index (κ2) is 9.28. The number of rotatable bonds is 8. The summed E-state index contributed by atoms with van der Waals surface area (Å²) in [6.07, 6.45) is 0.693. The van der Waals surface area contributed by atoms with Crippen LogP contribution < -0.4 is 9.47 Å². The fraction of sp³-hybridized carbons (Fsp3) is 0.300. The average molecular weight is 448 g/mol. The average Bonchev–Trinajstić information content (AvgIpc) is 3.07. The van der Waals surface area contributed by atoms with Gasteiger partial charge in [-0.15, -0.1) is 10.2 Å². The van der Waals surface area contributed by atoms with Crippen LogP contribution in [0.4, 0.5) is 0 Å². The monoisotopic (exact) mass is 447 g/mol. The number of thioether (sulfide) groups is 1. The summed E-state index contributed by atoms with van der Waals surface area (Å²) in [6.45, 7) is 2.95. The van der Waals surface area contributed by atoms with E-state index in [-0.39, 0.29) is 0 Å². The first-order valence-corrected chi connectivity index (χ1v) is 10.4. The van der Waals surface area contributed by atoms with Crippen LogP contribution in [0, 0.1) is 0 Å². The number of hydrogen-bond donors (Lipinski definition) is 0. The van der Waals surface area contributed by atoms with Gasteiger partial charge in [-0.3, -0.25) is 0 Å². The maximum atomic E-state index is 5.40. The Kier molecular flexibility index (Phi) is 6.79. The number of ether oxygens (including phenoxy) is 2. The molecule has 0 aliphatic carbocycles. The van der Waals surface area contributed by atoms with Gasteiger partial charge < -0.3 is 14.0 Å². The summed E-state index contributed by atoms with van der Waals surface area (Å²) in [5.74, 6) is 3.25. The lowest BCUT2D eigenvalue weighted by atomic mass is 10.1. The quantitative estimate of drug-likeness (QED) is 0.456. The lowest BCUT2D eigenvalue weighted by molar-refractivity contribution is 0.354. The topological polar surface area (TPSA) is 49.2 Å². The molecule has 0 radical (unpaired) electrons. The first kappa shape index (κ1) is 19.8. The largest absolute Gasteiger partial charge is 0.493 e. The molecule has 0 saturated carbocycles. The van der Waals surface area contributed by atoms with Gasteiger partial charge in [-0.25, -0.2) is 0 Å². The Morgan fingerprint density at radius 1 is 1.00 bits per heavy atom. The summed E-state index contributed by atoms with van der Waals surface area (Å²) in [5.41, 5.74) is 2.36. The molecular weight excluding hydrogens is 426 g/mol. The lowest BCUT2D eigenvalue weighted by Crippen LogP contribution is -2.04. The second-order valence-corrected chi connectivity index (χ2v) is 7.79. The van der Waals surface area contributed by atoms with Crippen LogP contribution in [-0.4, -0.2) is 29.0 Å². The Morgan fingerprint density at radius 2 is 1.81 bits per heavy atom. The number of halogens is 1. The smallest absolute Gasteiger partial charge is 0.191 e. The van der Waals surface area contributed by atoms with E-state index < -0.39 is 0 Å². The molecule has 3 aromatic rings. The fourth-order valence-corrected chi connectivity index (χ4v) is 4.23. The molecule has 0 aliphatic rings. The third-order valence-electron chi connectivity index (χ3n) is 4.18. The summed E-state index contributed by atoms with van der Waals surface area (Å²) in [7, 11) is 3.28. The Bertz CT molecular complexity index is 914. The molecule has 0 spiro atoms. The highest BCUT2D eigenvalue weighted by Crippen LogP contribution is 2.29. The number of aromatic nitrogens is 3. The molecule has 0 N–H and O–H groups in total. The van der Waals surface area contributed by atoms with Crippen LogP contribution in [-0.2, 0) is 18.7 Å². The standard InChI is InChI=1S/C20H22BrN3O2S/c1-4-24-19(12-14-8-9-17(25-2)18(11-14)26-3)22-23-20(24)27-13-15-6-5-7-16(21)10-15/h5-11H,4,12-13H2,1-3H3. The minimum absolute atomic E-state index is 0.693. The molecule has 0 fully saturated rings. The summed E-state index contributed by atoms with van der Waals surface area (Å²) in [6, 6.07) is 14.3. The normalized spacial score (nSPS) is 10.8. The maximum absolute atomic E-state index is 5.40. The van der Waals surface area contributed by atoms with Crippen molar-refractivity contribution in [2.45, 2.75) is 30.8 Å². The minimum Gasteiger partial charge on any atom is -0.493 e. The van der Waals surface area contributed by atoms with Crippen LogP contribution in [0.25, 0.3) is 0 Å². The van der Waals surface area contributed by atoms with E-state index in [0.717, 1.165) is 44.8 Å². The van der Waals surface area contributed by atoms with Gasteiger partial charge in [-0.2, -0.15) is 0 Å². The predicted molar refractivity (Wildman–Crippen MR) is 112 cm³/mol. The van der Waals surface area contributed by atoms with Crippen LogP contribution in [0.5, 0.6) is 11.5 Å². The molecule has 1 aromatic heterocycles. The molecule has 0 unspecified atom stereocenters. The van der Waals surface area contributed by atoms with Crippen molar-refractivity contribution in [2.75, 3.05) is 14.2 Å². The molecule has 0 atom stereocenters. The number of nitrogens with zero attached hydrogens (tertiary/aromatic N) is 3. The zero-order valence-corrected chi connectivity index (χ0v) is 18.0. The predicted octanol–water partition coefficient (Wildman–Crippen LogP) is 4.96. The first-order valence-electron chi connectivity index (χ1n) is 8.64. The van der Waals surface area contributed by atoms with Gasteiger partial charge in [-0.1, -0.05) is 45.9 Å². The number of hydrogen-bond acceptors (Lipinski definition) is 5. The summed E-state index contributed by atoms with van der Waals surface area (Å²) in [5, 5.41) is 9.76. The van der Waals surface area contributed by atoms with Gasteiger partial charge in [0.15, 0.2) is 16.7 Å². The maximum Gasteiger partial charge on any atom is 0.191 e. The molecule has 1 heterocycles. The van der Waals surface area contributed by atoms with E-state index in [4.69, 9.17) is 9.47 Å². The van der Waals surface area contributed by atoms with E-state index in [9.17, 15) is 0 Å². The molecule has 3 rings (SSSR count). The molecule has 27 heavy (non-hydrogen) atoms. The highest BCUT2D eigenvalue weighted by atomic mass is 79.9. The van der Waals surface area contributed by atoms with E-state index in [2.05, 4.69) is 49.8 Å². The van der Waals surface area contributed by atoms with E-state index >= 15 is 0 Å². The summed E-state index contributed by atoms with van der Waals surface area (Å²) < 4.78 is 14.0. The SMILES string of the molecule is CCn1c(Cc2ccc(OC)c(OC)c2)nnc1SCc1cccc(Br)c1. The van der Waals surface area contributed by atoms with Crippen LogP contribution in [0.3, 0.4) is 0 Å². The molecule has 5 nitrogen and oxygen atoms in total. The Labute approximate surface area is 172 Å². The van der Waals surface area contributed by atoms with Gasteiger partial charge >= 0.3 is 0 Å². The van der Waals surface area contributed by atoms with Crippen molar-refractivity contribution in [3.8, 4) is 11.5 Å². The first-order chi connectivity index (χ1) is 13.1. The van der Waals surface area contributed by atoms with E-state index in [0.29, 0.717) is 6.42 Å². The number of methoxy groups -OCH3 is 2. The van der Waals surface area contributed by atoms with E-state index in [1.807, 2.05) is 30.3 Å². The third kappa shape index (κ3) is 4.84. The third-order valence-corrected chi connectivity index (χ3v) is 5.71. The highest BCUT2D eigenvalue weighted by molar-refractivity contribution is 9.10. The lowest BCUT2D eigenvalue weighted by Gasteiger charge is -2.10. The van der Waals surface area contributed by atoms with E-state index in [1.54, 1.807) is 26.0 Å². The Hall–Kier alpha value is -1.99. The second-order valence-electron chi connectivity index (χ2n) is 5.93. The van der Waals surface area contributed by atoms with Crippen molar-refractivity contribution >= 4 is 27.7 Å². The molecule has 0 amide bonds. The summed E-state index contributed by atoms with van der Waals surface area (Å²) in [4.78, 5) is 0. The Morgan fingerprint density at radius 3 is 2.52 bits per heavy atom. The van der Waals surface area contributed by atoms with Crippen LogP contribution in [0.15, 0.2) is 52.1 Å². The molecular formula is C20H22BrN3O2S. The van der Waals surface area contributed by atoms with Gasteiger partial charge in [0.05, 0.1) is 14.2 Å². The van der Waals surface area contributed by atoms with Crippen molar-refractivity contribution in [1.82, 2.24) is 14.8 Å². The molecule has 2 aromatic carbocycles. The van der Waals surface area contributed by atoms with Crippen molar-refractivity contribution in [2.24, 2.45) is 0 Å².